The maximum Gasteiger partial charge on any atom is 0.255 e. The molecule has 1 aliphatic rings. The maximum atomic E-state index is 13.0. The summed E-state index contributed by atoms with van der Waals surface area (Å²) in [4.78, 5) is 16.6. The van der Waals surface area contributed by atoms with E-state index in [1.165, 1.54) is 4.88 Å². The molecular formula is C25H28N2O4S. The average molecular weight is 453 g/mol. The summed E-state index contributed by atoms with van der Waals surface area (Å²) in [6, 6.07) is 21.2. The third kappa shape index (κ3) is 6.09. The van der Waals surface area contributed by atoms with Crippen molar-refractivity contribution in [1.82, 2.24) is 10.2 Å². The van der Waals surface area contributed by atoms with Crippen LogP contribution in [-0.2, 0) is 4.74 Å². The maximum absolute atomic E-state index is 13.0. The molecule has 2 heterocycles. The highest BCUT2D eigenvalue weighted by atomic mass is 32.1. The van der Waals surface area contributed by atoms with Crippen molar-refractivity contribution in [3.63, 3.8) is 0 Å². The molecule has 0 bridgehead atoms. The van der Waals surface area contributed by atoms with E-state index < -0.39 is 0 Å². The minimum Gasteiger partial charge on any atom is -0.490 e. The fourth-order valence-corrected chi connectivity index (χ4v) is 4.53. The average Bonchev–Trinajstić information content (AvgIpc) is 3.38. The van der Waals surface area contributed by atoms with Crippen LogP contribution in [0.25, 0.3) is 0 Å². The molecule has 1 aliphatic heterocycles. The summed E-state index contributed by atoms with van der Waals surface area (Å²) in [6.07, 6.45) is 0. The second kappa shape index (κ2) is 11.7. The Kier molecular flexibility index (Phi) is 8.14. The van der Waals surface area contributed by atoms with Gasteiger partial charge >= 0.3 is 0 Å². The number of carbonyl (C=O) groups is 1. The van der Waals surface area contributed by atoms with Gasteiger partial charge < -0.3 is 19.5 Å². The third-order valence-electron chi connectivity index (χ3n) is 5.30. The van der Waals surface area contributed by atoms with Crippen molar-refractivity contribution in [2.45, 2.75) is 6.04 Å². The number of ether oxygens (including phenoxy) is 3. The molecular weight excluding hydrogens is 424 g/mol. The highest BCUT2D eigenvalue weighted by Gasteiger charge is 2.24. The Morgan fingerprint density at radius 2 is 1.72 bits per heavy atom. The van der Waals surface area contributed by atoms with Crippen LogP contribution < -0.4 is 14.8 Å². The van der Waals surface area contributed by atoms with Gasteiger partial charge in [-0.3, -0.25) is 9.69 Å². The van der Waals surface area contributed by atoms with Crippen LogP contribution in [0.2, 0.25) is 0 Å². The largest absolute Gasteiger partial charge is 0.490 e. The van der Waals surface area contributed by atoms with E-state index in [-0.39, 0.29) is 11.9 Å². The first-order chi connectivity index (χ1) is 15.8. The number of rotatable bonds is 10. The van der Waals surface area contributed by atoms with Crippen LogP contribution in [0.1, 0.15) is 21.3 Å². The number of nitrogens with one attached hydrogen (secondary N) is 1. The van der Waals surface area contributed by atoms with Gasteiger partial charge in [0.05, 0.1) is 24.8 Å². The first-order valence-electron chi connectivity index (χ1n) is 10.8. The number of carbonyl (C=O) groups excluding carboxylic acids is 1. The SMILES string of the molecule is O=C(NC[C@@H](c1cccs1)N1CCOCC1)c1ccccc1OCCOc1ccccc1. The van der Waals surface area contributed by atoms with Crippen LogP contribution in [0.4, 0.5) is 0 Å². The van der Waals surface area contributed by atoms with E-state index in [1.54, 1.807) is 17.4 Å². The number of hydrogen-bond donors (Lipinski definition) is 1. The second-order valence-electron chi connectivity index (χ2n) is 7.40. The second-order valence-corrected chi connectivity index (χ2v) is 8.37. The molecule has 1 fully saturated rings. The lowest BCUT2D eigenvalue weighted by atomic mass is 10.1. The molecule has 3 aromatic rings. The number of amides is 1. The lowest BCUT2D eigenvalue weighted by Crippen LogP contribution is -2.43. The van der Waals surface area contributed by atoms with Gasteiger partial charge in [-0.1, -0.05) is 36.4 Å². The van der Waals surface area contributed by atoms with Gasteiger partial charge in [0.2, 0.25) is 0 Å². The molecule has 0 spiro atoms. The molecule has 2 aromatic carbocycles. The van der Waals surface area contributed by atoms with Crippen LogP contribution in [0.5, 0.6) is 11.5 Å². The Labute approximate surface area is 192 Å². The summed E-state index contributed by atoms with van der Waals surface area (Å²) in [5, 5.41) is 5.19. The van der Waals surface area contributed by atoms with Crippen molar-refractivity contribution < 1.29 is 19.0 Å². The lowest BCUT2D eigenvalue weighted by Gasteiger charge is -2.34. The fourth-order valence-electron chi connectivity index (χ4n) is 3.67. The molecule has 1 N–H and O–H groups in total. The Hall–Kier alpha value is -2.87. The van der Waals surface area contributed by atoms with Crippen molar-refractivity contribution in [2.75, 3.05) is 46.1 Å². The smallest absolute Gasteiger partial charge is 0.255 e. The molecule has 1 aromatic heterocycles. The van der Waals surface area contributed by atoms with Crippen molar-refractivity contribution >= 4 is 17.2 Å². The zero-order valence-corrected chi connectivity index (χ0v) is 18.8. The van der Waals surface area contributed by atoms with E-state index in [2.05, 4.69) is 27.7 Å². The Bertz CT molecular complexity index is 959. The number of morpholine rings is 1. The Balaban J connectivity index is 1.34. The first-order valence-corrected chi connectivity index (χ1v) is 11.7. The quantitative estimate of drug-likeness (QED) is 0.471. The van der Waals surface area contributed by atoms with Gasteiger partial charge in [-0.2, -0.15) is 0 Å². The molecule has 0 saturated carbocycles. The predicted octanol–water partition coefficient (Wildman–Crippen LogP) is 4.01. The van der Waals surface area contributed by atoms with Crippen LogP contribution in [0.15, 0.2) is 72.1 Å². The Morgan fingerprint density at radius 3 is 2.50 bits per heavy atom. The van der Waals surface area contributed by atoms with Crippen molar-refractivity contribution in [3.05, 3.63) is 82.6 Å². The highest BCUT2D eigenvalue weighted by molar-refractivity contribution is 7.10. The lowest BCUT2D eigenvalue weighted by molar-refractivity contribution is 0.0169. The summed E-state index contributed by atoms with van der Waals surface area (Å²) < 4.78 is 17.0. The summed E-state index contributed by atoms with van der Waals surface area (Å²) >= 11 is 1.71. The molecule has 4 rings (SSSR count). The van der Waals surface area contributed by atoms with Crippen LogP contribution >= 0.6 is 11.3 Å². The number of nitrogens with zero attached hydrogens (tertiary/aromatic N) is 1. The molecule has 0 radical (unpaired) electrons. The topological polar surface area (TPSA) is 60.0 Å². The fraction of sp³-hybridized carbons (Fsp3) is 0.320. The van der Waals surface area contributed by atoms with Gasteiger partial charge in [0.25, 0.3) is 5.91 Å². The van der Waals surface area contributed by atoms with Gasteiger partial charge in [0, 0.05) is 24.5 Å². The van der Waals surface area contributed by atoms with E-state index in [1.807, 2.05) is 48.5 Å². The van der Waals surface area contributed by atoms with Crippen molar-refractivity contribution in [3.8, 4) is 11.5 Å². The van der Waals surface area contributed by atoms with E-state index in [9.17, 15) is 4.79 Å². The molecule has 1 amide bonds. The van der Waals surface area contributed by atoms with E-state index in [0.717, 1.165) is 32.1 Å². The standard InChI is InChI=1S/C25H28N2O4S/c28-25(26-19-22(24-11-6-18-32-24)27-12-14-29-15-13-27)21-9-4-5-10-23(21)31-17-16-30-20-7-2-1-3-8-20/h1-11,18,22H,12-17,19H2,(H,26,28)/t22-/m0/s1. The van der Waals surface area contributed by atoms with Gasteiger partial charge in [-0.05, 0) is 35.7 Å². The first kappa shape index (κ1) is 22.3. The molecule has 0 unspecified atom stereocenters. The molecule has 1 saturated heterocycles. The number of para-hydroxylation sites is 2. The molecule has 32 heavy (non-hydrogen) atoms. The van der Waals surface area contributed by atoms with E-state index >= 15 is 0 Å². The molecule has 168 valence electrons. The monoisotopic (exact) mass is 452 g/mol. The summed E-state index contributed by atoms with van der Waals surface area (Å²) in [6.45, 7) is 4.45. The summed E-state index contributed by atoms with van der Waals surface area (Å²) in [7, 11) is 0. The Morgan fingerprint density at radius 1 is 0.969 bits per heavy atom. The van der Waals surface area contributed by atoms with E-state index in [4.69, 9.17) is 14.2 Å². The zero-order valence-electron chi connectivity index (χ0n) is 17.9. The minimum absolute atomic E-state index is 0.134. The molecule has 6 nitrogen and oxygen atoms in total. The zero-order chi connectivity index (χ0) is 22.0. The molecule has 7 heteroatoms. The minimum atomic E-state index is -0.139. The van der Waals surface area contributed by atoms with Gasteiger partial charge in [-0.25, -0.2) is 0 Å². The molecule has 0 aliphatic carbocycles. The third-order valence-corrected chi connectivity index (χ3v) is 6.27. The van der Waals surface area contributed by atoms with Gasteiger partial charge in [0.15, 0.2) is 0 Å². The summed E-state index contributed by atoms with van der Waals surface area (Å²) in [5.41, 5.74) is 0.527. The van der Waals surface area contributed by atoms with Crippen molar-refractivity contribution in [1.29, 1.82) is 0 Å². The van der Waals surface area contributed by atoms with Gasteiger partial charge in [0.1, 0.15) is 24.7 Å². The number of hydrogen-bond acceptors (Lipinski definition) is 6. The number of thiophene rings is 1. The van der Waals surface area contributed by atoms with E-state index in [0.29, 0.717) is 31.1 Å². The van der Waals surface area contributed by atoms with Crippen molar-refractivity contribution in [2.24, 2.45) is 0 Å². The van der Waals surface area contributed by atoms with Crippen LogP contribution in [-0.4, -0.2) is 56.9 Å². The summed E-state index contributed by atoms with van der Waals surface area (Å²) in [5.74, 6) is 1.21. The number of benzene rings is 2. The van der Waals surface area contributed by atoms with Gasteiger partial charge in [-0.15, -0.1) is 11.3 Å². The normalized spacial score (nSPS) is 15.1. The van der Waals surface area contributed by atoms with Crippen LogP contribution in [0, 0.1) is 0 Å². The van der Waals surface area contributed by atoms with Crippen LogP contribution in [0.3, 0.4) is 0 Å². The molecule has 1 atom stereocenters. The predicted molar refractivity (Wildman–Crippen MR) is 126 cm³/mol. The highest BCUT2D eigenvalue weighted by Crippen LogP contribution is 2.26.